The number of methoxy groups -OCH3 is 1. The molecule has 0 aliphatic carbocycles. The summed E-state index contributed by atoms with van der Waals surface area (Å²) in [6, 6.07) is 19.7. The molecule has 0 bridgehead atoms. The number of amides is 1. The lowest BCUT2D eigenvalue weighted by atomic mass is 9.93. The van der Waals surface area contributed by atoms with Crippen molar-refractivity contribution in [2.75, 3.05) is 20.3 Å². The Hall–Kier alpha value is -4.26. The van der Waals surface area contributed by atoms with Gasteiger partial charge in [-0.2, -0.15) is 0 Å². The number of aliphatic hydroxyl groups excluding tert-OH is 1. The maximum absolute atomic E-state index is 13.3. The maximum Gasteiger partial charge on any atom is 0.295 e. The van der Waals surface area contributed by atoms with E-state index in [1.165, 1.54) is 4.90 Å². The summed E-state index contributed by atoms with van der Waals surface area (Å²) >= 11 is 0. The summed E-state index contributed by atoms with van der Waals surface area (Å²) in [5.41, 5.74) is 3.18. The molecule has 1 N–H and O–H groups in total. The van der Waals surface area contributed by atoms with Gasteiger partial charge in [-0.15, -0.1) is 0 Å². The van der Waals surface area contributed by atoms with E-state index in [0.29, 0.717) is 48.8 Å². The average Bonchev–Trinajstić information content (AvgIpc) is 3.21. The summed E-state index contributed by atoms with van der Waals surface area (Å²) in [5, 5.41) is 11.4. The van der Waals surface area contributed by atoms with Crippen LogP contribution in [0.25, 0.3) is 5.76 Å². The van der Waals surface area contributed by atoms with Crippen molar-refractivity contribution in [3.8, 4) is 17.2 Å². The highest BCUT2D eigenvalue weighted by Crippen LogP contribution is 2.42. The molecule has 38 heavy (non-hydrogen) atoms. The van der Waals surface area contributed by atoms with Crippen LogP contribution in [0.15, 0.2) is 72.3 Å². The Morgan fingerprint density at radius 1 is 1.05 bits per heavy atom. The molecule has 0 aromatic heterocycles. The minimum Gasteiger partial charge on any atom is -0.507 e. The van der Waals surface area contributed by atoms with Crippen molar-refractivity contribution >= 4 is 17.4 Å². The molecule has 2 aliphatic heterocycles. The summed E-state index contributed by atoms with van der Waals surface area (Å²) in [4.78, 5) is 28.0. The van der Waals surface area contributed by atoms with Gasteiger partial charge in [-0.05, 0) is 66.3 Å². The smallest absolute Gasteiger partial charge is 0.295 e. The fraction of sp³-hybridized carbons (Fsp3) is 0.290. The minimum atomic E-state index is -0.757. The monoisotopic (exact) mass is 513 g/mol. The van der Waals surface area contributed by atoms with Gasteiger partial charge in [0, 0.05) is 12.1 Å². The van der Waals surface area contributed by atoms with Gasteiger partial charge in [0.15, 0.2) is 11.5 Å². The molecule has 3 aromatic rings. The Morgan fingerprint density at radius 2 is 1.87 bits per heavy atom. The molecule has 1 atom stereocenters. The molecule has 0 spiro atoms. The van der Waals surface area contributed by atoms with Crippen molar-refractivity contribution < 1.29 is 28.9 Å². The highest BCUT2D eigenvalue weighted by atomic mass is 16.5. The molecule has 1 saturated heterocycles. The molecule has 7 nitrogen and oxygen atoms in total. The molecule has 0 saturated carbocycles. The summed E-state index contributed by atoms with van der Waals surface area (Å²) in [5.74, 6) is 0.294. The van der Waals surface area contributed by atoms with E-state index in [1.54, 1.807) is 31.4 Å². The SMILES string of the molecule is CCCN1C(=O)C(=O)/C(=C(/O)c2ccc3c(c2)CCCO3)C1c1ccc(OC)c(OCc2ccccc2)c1. The second-order valence-electron chi connectivity index (χ2n) is 9.45. The molecule has 196 valence electrons. The molecular formula is C31H31NO6. The first-order valence-corrected chi connectivity index (χ1v) is 12.9. The lowest BCUT2D eigenvalue weighted by Crippen LogP contribution is -2.30. The van der Waals surface area contributed by atoms with Crippen LogP contribution in [0.2, 0.25) is 0 Å². The zero-order chi connectivity index (χ0) is 26.6. The molecule has 5 rings (SSSR count). The number of nitrogens with zero attached hydrogens (tertiary/aromatic N) is 1. The number of likely N-dealkylation sites (tertiary alicyclic amines) is 1. The van der Waals surface area contributed by atoms with Crippen LogP contribution in [0.3, 0.4) is 0 Å². The van der Waals surface area contributed by atoms with Crippen LogP contribution in [0.5, 0.6) is 17.2 Å². The van der Waals surface area contributed by atoms with Gasteiger partial charge in [-0.25, -0.2) is 0 Å². The fourth-order valence-electron chi connectivity index (χ4n) is 5.07. The molecule has 3 aromatic carbocycles. The highest BCUT2D eigenvalue weighted by Gasteiger charge is 2.46. The number of hydrogen-bond donors (Lipinski definition) is 1. The number of Topliss-reactive ketones (excluding diaryl/α,β-unsaturated/α-hetero) is 1. The molecule has 2 heterocycles. The quantitative estimate of drug-likeness (QED) is 0.246. The molecule has 1 fully saturated rings. The predicted molar refractivity (Wildman–Crippen MR) is 143 cm³/mol. The van der Waals surface area contributed by atoms with Crippen molar-refractivity contribution in [1.82, 2.24) is 4.90 Å². The third kappa shape index (κ3) is 4.84. The van der Waals surface area contributed by atoms with E-state index in [9.17, 15) is 14.7 Å². The minimum absolute atomic E-state index is 0.0688. The molecule has 7 heteroatoms. The van der Waals surface area contributed by atoms with E-state index in [-0.39, 0.29) is 11.3 Å². The van der Waals surface area contributed by atoms with E-state index in [2.05, 4.69) is 0 Å². The Bertz CT molecular complexity index is 1380. The lowest BCUT2D eigenvalue weighted by molar-refractivity contribution is -0.139. The first-order valence-electron chi connectivity index (χ1n) is 12.9. The lowest BCUT2D eigenvalue weighted by Gasteiger charge is -2.26. The first kappa shape index (κ1) is 25.4. The van der Waals surface area contributed by atoms with Gasteiger partial charge >= 0.3 is 0 Å². The third-order valence-corrected chi connectivity index (χ3v) is 6.93. The Balaban J connectivity index is 1.57. The van der Waals surface area contributed by atoms with Gasteiger partial charge < -0.3 is 24.2 Å². The Labute approximate surface area is 222 Å². The standard InChI is InChI=1S/C31H31NO6/c1-3-15-32-28(22-11-14-25(36-2)26(18-22)38-19-20-8-5-4-6-9-20)27(30(34)31(32)35)29(33)23-12-13-24-21(17-23)10-7-16-37-24/h4-6,8-9,11-14,17-18,28,33H,3,7,10,15-16,19H2,1-2H3/b29-27+. The third-order valence-electron chi connectivity index (χ3n) is 6.93. The summed E-state index contributed by atoms with van der Waals surface area (Å²) in [6.45, 7) is 3.30. The van der Waals surface area contributed by atoms with Gasteiger partial charge in [-0.1, -0.05) is 43.3 Å². The molecular weight excluding hydrogens is 482 g/mol. The number of carbonyl (C=O) groups excluding carboxylic acids is 2. The topological polar surface area (TPSA) is 85.3 Å². The molecule has 1 amide bonds. The molecule has 2 aliphatic rings. The van der Waals surface area contributed by atoms with E-state index in [0.717, 1.165) is 29.7 Å². The van der Waals surface area contributed by atoms with Crippen LogP contribution >= 0.6 is 0 Å². The maximum atomic E-state index is 13.3. The number of fused-ring (bicyclic) bond motifs is 1. The van der Waals surface area contributed by atoms with Crippen molar-refractivity contribution in [1.29, 1.82) is 0 Å². The average molecular weight is 514 g/mol. The number of hydrogen-bond acceptors (Lipinski definition) is 6. The van der Waals surface area contributed by atoms with Crippen LogP contribution < -0.4 is 14.2 Å². The van der Waals surface area contributed by atoms with Crippen LogP contribution in [0.1, 0.15) is 48.1 Å². The van der Waals surface area contributed by atoms with Crippen molar-refractivity contribution in [3.05, 3.63) is 94.6 Å². The van der Waals surface area contributed by atoms with Gasteiger partial charge in [0.1, 0.15) is 18.1 Å². The number of ether oxygens (including phenoxy) is 3. The Kier molecular flexibility index (Phi) is 7.36. The number of benzene rings is 3. The largest absolute Gasteiger partial charge is 0.507 e. The van der Waals surface area contributed by atoms with E-state index < -0.39 is 17.7 Å². The van der Waals surface area contributed by atoms with Gasteiger partial charge in [-0.3, -0.25) is 9.59 Å². The number of carbonyl (C=O) groups is 2. The zero-order valence-electron chi connectivity index (χ0n) is 21.6. The molecule has 1 unspecified atom stereocenters. The van der Waals surface area contributed by atoms with Crippen LogP contribution in [-0.2, 0) is 22.6 Å². The van der Waals surface area contributed by atoms with E-state index >= 15 is 0 Å². The number of aliphatic hydroxyl groups is 1. The summed E-state index contributed by atoms with van der Waals surface area (Å²) in [6.07, 6.45) is 2.37. The van der Waals surface area contributed by atoms with Gasteiger partial charge in [0.25, 0.3) is 11.7 Å². The second kappa shape index (κ2) is 11.0. The van der Waals surface area contributed by atoms with Crippen LogP contribution in [0, 0.1) is 0 Å². The van der Waals surface area contributed by atoms with E-state index in [4.69, 9.17) is 14.2 Å². The number of aryl methyl sites for hydroxylation is 1. The summed E-state index contributed by atoms with van der Waals surface area (Å²) in [7, 11) is 1.56. The van der Waals surface area contributed by atoms with Crippen LogP contribution in [-0.4, -0.2) is 42.0 Å². The van der Waals surface area contributed by atoms with Crippen molar-refractivity contribution in [2.45, 2.75) is 38.8 Å². The zero-order valence-corrected chi connectivity index (χ0v) is 21.6. The normalized spacial score (nSPS) is 18.2. The van der Waals surface area contributed by atoms with E-state index in [1.807, 2.05) is 49.4 Å². The first-order chi connectivity index (χ1) is 18.5. The van der Waals surface area contributed by atoms with Gasteiger partial charge in [0.2, 0.25) is 0 Å². The van der Waals surface area contributed by atoms with Crippen molar-refractivity contribution in [3.63, 3.8) is 0 Å². The highest BCUT2D eigenvalue weighted by molar-refractivity contribution is 6.46. The number of ketones is 1. The van der Waals surface area contributed by atoms with Crippen LogP contribution in [0.4, 0.5) is 0 Å². The van der Waals surface area contributed by atoms with Crippen molar-refractivity contribution in [2.24, 2.45) is 0 Å². The molecule has 0 radical (unpaired) electrons. The Morgan fingerprint density at radius 3 is 2.63 bits per heavy atom. The second-order valence-corrected chi connectivity index (χ2v) is 9.45. The fourth-order valence-corrected chi connectivity index (χ4v) is 5.07. The number of rotatable bonds is 8. The van der Waals surface area contributed by atoms with Gasteiger partial charge in [0.05, 0.1) is 25.3 Å². The predicted octanol–water partition coefficient (Wildman–Crippen LogP) is 5.43. The summed E-state index contributed by atoms with van der Waals surface area (Å²) < 4.78 is 17.3.